The van der Waals surface area contributed by atoms with Gasteiger partial charge in [-0.1, -0.05) is 12.1 Å². The molecule has 1 N–H and O–H groups in total. The van der Waals surface area contributed by atoms with Crippen molar-refractivity contribution in [3.05, 3.63) is 24.1 Å². The topological polar surface area (TPSA) is 107 Å². The van der Waals surface area contributed by atoms with Gasteiger partial charge in [-0.2, -0.15) is 4.98 Å². The second-order valence-electron chi connectivity index (χ2n) is 6.85. The molecular formula is C17H22N4O5S. The molecule has 0 saturated carbocycles. The molecule has 2 aromatic rings. The van der Waals surface area contributed by atoms with Crippen LogP contribution in [0.2, 0.25) is 0 Å². The summed E-state index contributed by atoms with van der Waals surface area (Å²) >= 11 is 0. The smallest absolute Gasteiger partial charge is 0.244 e. The van der Waals surface area contributed by atoms with Crippen molar-refractivity contribution in [1.82, 2.24) is 19.8 Å². The van der Waals surface area contributed by atoms with Gasteiger partial charge in [-0.15, -0.1) is 0 Å². The van der Waals surface area contributed by atoms with Crippen molar-refractivity contribution in [3.63, 3.8) is 0 Å². The van der Waals surface area contributed by atoms with Crippen LogP contribution in [0.3, 0.4) is 0 Å². The molecule has 2 atom stereocenters. The highest BCUT2D eigenvalue weighted by atomic mass is 32.2. The molecule has 0 bridgehead atoms. The van der Waals surface area contributed by atoms with Crippen LogP contribution in [0.15, 0.2) is 22.7 Å². The van der Waals surface area contributed by atoms with Gasteiger partial charge in [0.2, 0.25) is 28.5 Å². The third-order valence-electron chi connectivity index (χ3n) is 4.72. The molecule has 0 aliphatic carbocycles. The molecule has 10 heteroatoms. The van der Waals surface area contributed by atoms with Gasteiger partial charge in [0.1, 0.15) is 0 Å². The van der Waals surface area contributed by atoms with E-state index in [1.807, 2.05) is 37.1 Å². The summed E-state index contributed by atoms with van der Waals surface area (Å²) in [6, 6.07) is 5.18. The van der Waals surface area contributed by atoms with E-state index >= 15 is 0 Å². The lowest BCUT2D eigenvalue weighted by Crippen LogP contribution is -2.37. The fraction of sp³-hybridized carbons (Fsp3) is 0.529. The van der Waals surface area contributed by atoms with Crippen LogP contribution < -0.4 is 14.2 Å². The molecule has 9 nitrogen and oxygen atoms in total. The lowest BCUT2D eigenvalue weighted by atomic mass is 10.1. The number of nitrogens with one attached hydrogen (secondary N) is 1. The van der Waals surface area contributed by atoms with E-state index in [1.54, 1.807) is 0 Å². The van der Waals surface area contributed by atoms with Crippen LogP contribution in [-0.4, -0.2) is 55.6 Å². The van der Waals surface area contributed by atoms with E-state index in [9.17, 15) is 8.42 Å². The first-order valence-electron chi connectivity index (χ1n) is 8.89. The highest BCUT2D eigenvalue weighted by Gasteiger charge is 2.36. The maximum absolute atomic E-state index is 12.0. The maximum Gasteiger partial charge on any atom is 0.244 e. The quantitative estimate of drug-likeness (QED) is 0.786. The van der Waals surface area contributed by atoms with Gasteiger partial charge in [0.25, 0.3) is 0 Å². The second kappa shape index (κ2) is 7.10. The number of hydrogen-bond donors (Lipinski definition) is 1. The third kappa shape index (κ3) is 3.78. The molecule has 3 heterocycles. The molecule has 0 unspecified atom stereocenters. The Morgan fingerprint density at radius 2 is 2.11 bits per heavy atom. The van der Waals surface area contributed by atoms with E-state index in [-0.39, 0.29) is 24.6 Å². The fourth-order valence-electron chi connectivity index (χ4n) is 3.48. The van der Waals surface area contributed by atoms with E-state index in [0.717, 1.165) is 5.56 Å². The van der Waals surface area contributed by atoms with Crippen molar-refractivity contribution in [2.45, 2.75) is 31.8 Å². The predicted octanol–water partition coefficient (Wildman–Crippen LogP) is 1.54. The number of hydrogen-bond acceptors (Lipinski definition) is 8. The molecule has 0 spiro atoms. The maximum atomic E-state index is 12.0. The predicted molar refractivity (Wildman–Crippen MR) is 96.8 cm³/mol. The minimum absolute atomic E-state index is 0.130. The number of aromatic nitrogens is 2. The molecule has 1 aromatic heterocycles. The molecule has 0 amide bonds. The normalized spacial score (nSPS) is 22.4. The van der Waals surface area contributed by atoms with Gasteiger partial charge in [0, 0.05) is 18.2 Å². The monoisotopic (exact) mass is 394 g/mol. The number of nitrogens with zero attached hydrogens (tertiary/aromatic N) is 3. The summed E-state index contributed by atoms with van der Waals surface area (Å²) < 4.78 is 43.0. The van der Waals surface area contributed by atoms with Crippen molar-refractivity contribution < 1.29 is 22.4 Å². The highest BCUT2D eigenvalue weighted by Crippen LogP contribution is 2.36. The SMILES string of the molecule is CCCS(=O)(=O)N[C@H]1C[C@@H](c2nc(-c3ccc4c(c3)OCO4)no2)N(C)C1. The molecule has 2 aliphatic rings. The Kier molecular flexibility index (Phi) is 4.79. The van der Waals surface area contributed by atoms with Crippen molar-refractivity contribution >= 4 is 10.0 Å². The summed E-state index contributed by atoms with van der Waals surface area (Å²) in [6.07, 6.45) is 1.17. The van der Waals surface area contributed by atoms with Gasteiger partial charge in [-0.05, 0) is 38.1 Å². The molecule has 146 valence electrons. The number of sulfonamides is 1. The summed E-state index contributed by atoms with van der Waals surface area (Å²) in [5.74, 6) is 2.42. The molecule has 2 aliphatic heterocycles. The van der Waals surface area contributed by atoms with E-state index in [2.05, 4.69) is 14.9 Å². The van der Waals surface area contributed by atoms with Gasteiger partial charge >= 0.3 is 0 Å². The number of benzene rings is 1. The zero-order valence-corrected chi connectivity index (χ0v) is 16.0. The summed E-state index contributed by atoms with van der Waals surface area (Å²) in [5.41, 5.74) is 0.773. The van der Waals surface area contributed by atoms with E-state index in [1.165, 1.54) is 0 Å². The van der Waals surface area contributed by atoms with Crippen LogP contribution in [0.5, 0.6) is 11.5 Å². The third-order valence-corrected chi connectivity index (χ3v) is 6.36. The zero-order valence-electron chi connectivity index (χ0n) is 15.2. The van der Waals surface area contributed by atoms with Gasteiger partial charge in [0.15, 0.2) is 11.5 Å². The highest BCUT2D eigenvalue weighted by molar-refractivity contribution is 7.89. The summed E-state index contributed by atoms with van der Waals surface area (Å²) in [5, 5.41) is 4.07. The van der Waals surface area contributed by atoms with E-state index in [0.29, 0.717) is 42.6 Å². The van der Waals surface area contributed by atoms with Gasteiger partial charge in [-0.25, -0.2) is 13.1 Å². The summed E-state index contributed by atoms with van der Waals surface area (Å²) in [7, 11) is -1.34. The van der Waals surface area contributed by atoms with Crippen LogP contribution in [-0.2, 0) is 10.0 Å². The van der Waals surface area contributed by atoms with Crippen LogP contribution >= 0.6 is 0 Å². The van der Waals surface area contributed by atoms with Gasteiger partial charge in [0.05, 0.1) is 11.8 Å². The number of rotatable bonds is 6. The van der Waals surface area contributed by atoms with E-state index < -0.39 is 10.0 Å². The largest absolute Gasteiger partial charge is 0.454 e. The molecule has 4 rings (SSSR count). The molecule has 27 heavy (non-hydrogen) atoms. The first-order chi connectivity index (χ1) is 12.9. The van der Waals surface area contributed by atoms with Gasteiger partial charge < -0.3 is 14.0 Å². The second-order valence-corrected chi connectivity index (χ2v) is 8.72. The fourth-order valence-corrected chi connectivity index (χ4v) is 4.81. The molecule has 0 radical (unpaired) electrons. The van der Waals surface area contributed by atoms with Crippen molar-refractivity contribution in [3.8, 4) is 22.9 Å². The summed E-state index contributed by atoms with van der Waals surface area (Å²) in [6.45, 7) is 2.65. The first kappa shape index (κ1) is 18.2. The number of likely N-dealkylation sites (N-methyl/N-ethyl adjacent to an activating group) is 1. The Morgan fingerprint density at radius 3 is 2.93 bits per heavy atom. The minimum atomic E-state index is -3.26. The van der Waals surface area contributed by atoms with Crippen LogP contribution in [0, 0.1) is 0 Å². The van der Waals surface area contributed by atoms with Crippen molar-refractivity contribution in [1.29, 1.82) is 0 Å². The summed E-state index contributed by atoms with van der Waals surface area (Å²) in [4.78, 5) is 6.54. The number of ether oxygens (including phenoxy) is 2. The Bertz CT molecular complexity index is 929. The van der Waals surface area contributed by atoms with Crippen molar-refractivity contribution in [2.75, 3.05) is 26.1 Å². The van der Waals surface area contributed by atoms with Gasteiger partial charge in [-0.3, -0.25) is 4.90 Å². The Morgan fingerprint density at radius 1 is 1.30 bits per heavy atom. The van der Waals surface area contributed by atoms with Crippen LogP contribution in [0.1, 0.15) is 31.7 Å². The van der Waals surface area contributed by atoms with Crippen LogP contribution in [0.25, 0.3) is 11.4 Å². The zero-order chi connectivity index (χ0) is 19.0. The van der Waals surface area contributed by atoms with E-state index in [4.69, 9.17) is 14.0 Å². The Hall–Kier alpha value is -2.17. The Balaban J connectivity index is 1.48. The molecular weight excluding hydrogens is 372 g/mol. The lowest BCUT2D eigenvalue weighted by Gasteiger charge is -2.14. The minimum Gasteiger partial charge on any atom is -0.454 e. The average Bonchev–Trinajstić information content (AvgIpc) is 3.32. The standard InChI is InChI=1S/C17H22N4O5S/c1-3-6-27(22,23)20-12-8-13(21(2)9-12)17-18-16(19-26-17)11-4-5-14-15(7-11)25-10-24-14/h4-5,7,12-13,20H,3,6,8-10H2,1-2H3/t12-,13-/m0/s1. The Labute approximate surface area is 157 Å². The number of likely N-dealkylation sites (tertiary alicyclic amines) is 1. The molecule has 1 aromatic carbocycles. The molecule has 1 fully saturated rings. The average molecular weight is 394 g/mol. The van der Waals surface area contributed by atoms with Crippen LogP contribution in [0.4, 0.5) is 0 Å². The van der Waals surface area contributed by atoms with Crippen molar-refractivity contribution in [2.24, 2.45) is 0 Å². The number of fused-ring (bicyclic) bond motifs is 1. The lowest BCUT2D eigenvalue weighted by molar-refractivity contribution is 0.174. The first-order valence-corrected chi connectivity index (χ1v) is 10.5. The molecule has 1 saturated heterocycles.